The molecule has 5 nitrogen and oxygen atoms in total. The van der Waals surface area contributed by atoms with Crippen molar-refractivity contribution in [1.29, 1.82) is 5.26 Å². The first kappa shape index (κ1) is 16.9. The van der Waals surface area contributed by atoms with E-state index in [1.165, 1.54) is 6.07 Å². The van der Waals surface area contributed by atoms with Crippen molar-refractivity contribution in [2.24, 2.45) is 5.73 Å². The van der Waals surface area contributed by atoms with Crippen LogP contribution in [0.4, 0.5) is 0 Å². The number of aryl methyl sites for hydroxylation is 1. The highest BCUT2D eigenvalue weighted by atomic mass is 35.5. The molecule has 100 valence electrons. The van der Waals surface area contributed by atoms with Crippen LogP contribution in [0.5, 0.6) is 0 Å². The van der Waals surface area contributed by atoms with E-state index in [4.69, 9.17) is 11.0 Å². The molecule has 0 aliphatic rings. The zero-order valence-electron chi connectivity index (χ0n) is 10.2. The number of nitrogens with zero attached hydrogens (tertiary/aromatic N) is 1. The van der Waals surface area contributed by atoms with Gasteiger partial charge in [0.1, 0.15) is 11.0 Å². The summed E-state index contributed by atoms with van der Waals surface area (Å²) in [6.07, 6.45) is 0. The maximum Gasteiger partial charge on any atom is 0.242 e. The molecule has 1 aromatic carbocycles. The van der Waals surface area contributed by atoms with Gasteiger partial charge in [-0.15, -0.1) is 12.4 Å². The van der Waals surface area contributed by atoms with E-state index in [-0.39, 0.29) is 35.5 Å². The largest absolute Gasteiger partial charge is 0.329 e. The van der Waals surface area contributed by atoms with Gasteiger partial charge in [0.2, 0.25) is 10.0 Å². The first-order chi connectivity index (χ1) is 7.92. The van der Waals surface area contributed by atoms with Crippen molar-refractivity contribution in [3.05, 3.63) is 29.3 Å². The summed E-state index contributed by atoms with van der Waals surface area (Å²) < 4.78 is 26.5. The van der Waals surface area contributed by atoms with Gasteiger partial charge in [0.05, 0.1) is 5.56 Å². The summed E-state index contributed by atoms with van der Waals surface area (Å²) in [6.45, 7) is 3.57. The van der Waals surface area contributed by atoms with Crippen LogP contribution in [0.15, 0.2) is 23.1 Å². The van der Waals surface area contributed by atoms with Crippen LogP contribution in [0, 0.1) is 18.3 Å². The lowest BCUT2D eigenvalue weighted by atomic mass is 10.1. The molecular weight excluding hydrogens is 274 g/mol. The first-order valence-electron chi connectivity index (χ1n) is 5.14. The fraction of sp³-hybridized carbons (Fsp3) is 0.364. The molecule has 0 aromatic heterocycles. The third kappa shape index (κ3) is 3.68. The molecule has 18 heavy (non-hydrogen) atoms. The maximum absolute atomic E-state index is 12.0. The number of rotatable bonds is 4. The van der Waals surface area contributed by atoms with Gasteiger partial charge in [-0.05, 0) is 25.5 Å². The number of nitriles is 1. The highest BCUT2D eigenvalue weighted by molar-refractivity contribution is 7.89. The van der Waals surface area contributed by atoms with Crippen molar-refractivity contribution < 1.29 is 8.42 Å². The lowest BCUT2D eigenvalue weighted by Crippen LogP contribution is -2.38. The van der Waals surface area contributed by atoms with E-state index < -0.39 is 10.0 Å². The average Bonchev–Trinajstić information content (AvgIpc) is 2.28. The Kier molecular flexibility index (Phi) is 6.29. The second-order valence-corrected chi connectivity index (χ2v) is 5.50. The van der Waals surface area contributed by atoms with Crippen LogP contribution in [0.1, 0.15) is 18.1 Å². The molecule has 0 saturated carbocycles. The highest BCUT2D eigenvalue weighted by Gasteiger charge is 2.21. The summed E-state index contributed by atoms with van der Waals surface area (Å²) >= 11 is 0. The lowest BCUT2D eigenvalue weighted by Gasteiger charge is -2.13. The summed E-state index contributed by atoms with van der Waals surface area (Å²) in [4.78, 5) is 0.000278. The standard InChI is InChI=1S/C11H15N3O2S.ClH/c1-8-4-3-5-11(10(8)7-13)17(15,16)14-9(2)6-12;/h3-5,9,14H,6,12H2,1-2H3;1H/t9-;/m0./s1. The Morgan fingerprint density at radius 1 is 1.50 bits per heavy atom. The first-order valence-corrected chi connectivity index (χ1v) is 6.62. The van der Waals surface area contributed by atoms with Crippen molar-refractivity contribution in [1.82, 2.24) is 4.72 Å². The molecular formula is C11H16ClN3O2S. The number of hydrogen-bond acceptors (Lipinski definition) is 4. The van der Waals surface area contributed by atoms with Crippen LogP contribution < -0.4 is 10.5 Å². The summed E-state index contributed by atoms with van der Waals surface area (Å²) in [5, 5.41) is 8.99. The van der Waals surface area contributed by atoms with Crippen molar-refractivity contribution in [3.63, 3.8) is 0 Å². The Labute approximate surface area is 113 Å². The van der Waals surface area contributed by atoms with Crippen LogP contribution in [0.3, 0.4) is 0 Å². The molecule has 0 radical (unpaired) electrons. The predicted molar refractivity (Wildman–Crippen MR) is 72.0 cm³/mol. The Morgan fingerprint density at radius 2 is 2.11 bits per heavy atom. The van der Waals surface area contributed by atoms with Crippen LogP contribution >= 0.6 is 12.4 Å². The molecule has 0 saturated heterocycles. The summed E-state index contributed by atoms with van der Waals surface area (Å²) in [7, 11) is -3.69. The average molecular weight is 290 g/mol. The van der Waals surface area contributed by atoms with E-state index in [1.54, 1.807) is 26.0 Å². The molecule has 0 spiro atoms. The van der Waals surface area contributed by atoms with Gasteiger partial charge >= 0.3 is 0 Å². The Bertz CT molecular complexity index is 552. The van der Waals surface area contributed by atoms with Gasteiger partial charge in [0.25, 0.3) is 0 Å². The fourth-order valence-corrected chi connectivity index (χ4v) is 2.87. The highest BCUT2D eigenvalue weighted by Crippen LogP contribution is 2.18. The zero-order chi connectivity index (χ0) is 13.1. The van der Waals surface area contributed by atoms with Gasteiger partial charge in [-0.25, -0.2) is 13.1 Å². The molecule has 1 atom stereocenters. The number of sulfonamides is 1. The molecule has 0 amide bonds. The van der Waals surface area contributed by atoms with Gasteiger partial charge in [-0.1, -0.05) is 12.1 Å². The van der Waals surface area contributed by atoms with E-state index >= 15 is 0 Å². The van der Waals surface area contributed by atoms with Crippen LogP contribution in [0.2, 0.25) is 0 Å². The van der Waals surface area contributed by atoms with Gasteiger partial charge in [0, 0.05) is 12.6 Å². The molecule has 1 aromatic rings. The Hall–Kier alpha value is -1.13. The fourth-order valence-electron chi connectivity index (χ4n) is 1.38. The third-order valence-electron chi connectivity index (χ3n) is 2.35. The van der Waals surface area contributed by atoms with Crippen molar-refractivity contribution in [2.75, 3.05) is 6.54 Å². The van der Waals surface area contributed by atoms with Gasteiger partial charge in [-0.3, -0.25) is 0 Å². The normalized spacial score (nSPS) is 12.3. The quantitative estimate of drug-likeness (QED) is 0.861. The van der Waals surface area contributed by atoms with Gasteiger partial charge in [0.15, 0.2) is 0 Å². The molecule has 1 rings (SSSR count). The van der Waals surface area contributed by atoms with Crippen molar-refractivity contribution in [3.8, 4) is 6.07 Å². The predicted octanol–water partition coefficient (Wildman–Crippen LogP) is 0.914. The Morgan fingerprint density at radius 3 is 2.61 bits per heavy atom. The molecule has 0 fully saturated rings. The summed E-state index contributed by atoms with van der Waals surface area (Å²) in [5.41, 5.74) is 6.17. The summed E-state index contributed by atoms with van der Waals surface area (Å²) in [5.74, 6) is 0. The molecule has 0 aliphatic heterocycles. The SMILES string of the molecule is Cc1cccc(S(=O)(=O)N[C@@H](C)CN)c1C#N.Cl. The van der Waals surface area contributed by atoms with Crippen LogP contribution in [-0.2, 0) is 10.0 Å². The molecule has 0 heterocycles. The number of halogens is 1. The van der Waals surface area contributed by atoms with E-state index in [2.05, 4.69) is 4.72 Å². The van der Waals surface area contributed by atoms with Crippen molar-refractivity contribution in [2.45, 2.75) is 24.8 Å². The number of benzene rings is 1. The minimum atomic E-state index is -3.69. The van der Waals surface area contributed by atoms with E-state index in [1.807, 2.05) is 6.07 Å². The maximum atomic E-state index is 12.0. The minimum Gasteiger partial charge on any atom is -0.329 e. The van der Waals surface area contributed by atoms with Crippen molar-refractivity contribution >= 4 is 22.4 Å². The molecule has 0 unspecified atom stereocenters. The van der Waals surface area contributed by atoms with E-state index in [9.17, 15) is 8.42 Å². The van der Waals surface area contributed by atoms with E-state index in [0.717, 1.165) is 0 Å². The van der Waals surface area contributed by atoms with Gasteiger partial charge in [-0.2, -0.15) is 5.26 Å². The van der Waals surface area contributed by atoms with Crippen LogP contribution in [-0.4, -0.2) is 21.0 Å². The second-order valence-electron chi connectivity index (χ2n) is 3.82. The number of hydrogen-bond donors (Lipinski definition) is 2. The number of nitrogens with one attached hydrogen (secondary N) is 1. The molecule has 3 N–H and O–H groups in total. The molecule has 0 bridgehead atoms. The topological polar surface area (TPSA) is 96.0 Å². The molecule has 7 heteroatoms. The number of nitrogens with two attached hydrogens (primary N) is 1. The molecule has 0 aliphatic carbocycles. The lowest BCUT2D eigenvalue weighted by molar-refractivity contribution is 0.562. The van der Waals surface area contributed by atoms with Gasteiger partial charge < -0.3 is 5.73 Å². The smallest absolute Gasteiger partial charge is 0.242 e. The van der Waals surface area contributed by atoms with Crippen LogP contribution in [0.25, 0.3) is 0 Å². The monoisotopic (exact) mass is 289 g/mol. The Balaban J connectivity index is 0.00000289. The summed E-state index contributed by atoms with van der Waals surface area (Å²) in [6, 6.07) is 6.26. The third-order valence-corrected chi connectivity index (χ3v) is 3.98. The second kappa shape index (κ2) is 6.71. The minimum absolute atomic E-state index is 0. The zero-order valence-corrected chi connectivity index (χ0v) is 11.8. The van der Waals surface area contributed by atoms with E-state index in [0.29, 0.717) is 5.56 Å².